The summed E-state index contributed by atoms with van der Waals surface area (Å²) in [7, 11) is 0. The molecule has 0 spiro atoms. The Morgan fingerprint density at radius 2 is 2.21 bits per heavy atom. The van der Waals surface area contributed by atoms with Crippen molar-refractivity contribution in [3.05, 3.63) is 29.8 Å². The van der Waals surface area contributed by atoms with Crippen molar-refractivity contribution in [1.29, 1.82) is 0 Å². The molecule has 24 heavy (non-hydrogen) atoms. The Kier molecular flexibility index (Phi) is 7.46. The molecule has 1 saturated heterocycles. The zero-order valence-electron chi connectivity index (χ0n) is 14.3. The molecule has 1 aromatic rings. The molecule has 1 amide bonds. The van der Waals surface area contributed by atoms with Crippen LogP contribution in [0.25, 0.3) is 0 Å². The highest BCUT2D eigenvalue weighted by molar-refractivity contribution is 7.80. The Balaban J connectivity index is 1.85. The lowest BCUT2D eigenvalue weighted by Crippen LogP contribution is -2.42. The second-order valence-corrected chi connectivity index (χ2v) is 6.73. The van der Waals surface area contributed by atoms with E-state index in [9.17, 15) is 4.79 Å². The summed E-state index contributed by atoms with van der Waals surface area (Å²) in [6.07, 6.45) is 3.21. The second-order valence-electron chi connectivity index (χ2n) is 6.33. The van der Waals surface area contributed by atoms with Gasteiger partial charge in [0.15, 0.2) is 5.11 Å². The quantitative estimate of drug-likeness (QED) is 0.741. The van der Waals surface area contributed by atoms with Crippen LogP contribution in [0, 0.1) is 5.92 Å². The number of carbonyl (C=O) groups excluding carboxylic acids is 1. The van der Waals surface area contributed by atoms with Crippen molar-refractivity contribution >= 4 is 23.2 Å². The highest BCUT2D eigenvalue weighted by Crippen LogP contribution is 2.18. The number of hydrogen-bond acceptors (Lipinski definition) is 4. The number of nitrogens with one attached hydrogen (secondary N) is 2. The summed E-state index contributed by atoms with van der Waals surface area (Å²) in [5.74, 6) is 0.873. The van der Waals surface area contributed by atoms with Gasteiger partial charge in [-0.3, -0.25) is 10.1 Å². The molecule has 0 bridgehead atoms. The van der Waals surface area contributed by atoms with Crippen molar-refractivity contribution in [3.8, 4) is 5.75 Å². The molecule has 0 saturated carbocycles. The Labute approximate surface area is 149 Å². The van der Waals surface area contributed by atoms with Crippen LogP contribution < -0.4 is 15.4 Å². The van der Waals surface area contributed by atoms with E-state index in [1.165, 1.54) is 0 Å². The summed E-state index contributed by atoms with van der Waals surface area (Å²) in [6, 6.07) is 7.21. The fraction of sp³-hybridized carbons (Fsp3) is 0.556. The van der Waals surface area contributed by atoms with Gasteiger partial charge in [0.05, 0.1) is 18.3 Å². The molecule has 1 aromatic carbocycles. The normalized spacial score (nSPS) is 16.9. The van der Waals surface area contributed by atoms with Crippen LogP contribution >= 0.6 is 12.2 Å². The number of hydrogen-bond donors (Lipinski definition) is 2. The highest BCUT2D eigenvalue weighted by atomic mass is 32.1. The van der Waals surface area contributed by atoms with E-state index < -0.39 is 0 Å². The van der Waals surface area contributed by atoms with Gasteiger partial charge < -0.3 is 14.8 Å². The maximum Gasteiger partial charge on any atom is 0.261 e. The largest absolute Gasteiger partial charge is 0.493 e. The Morgan fingerprint density at radius 1 is 1.42 bits per heavy atom. The number of benzene rings is 1. The zero-order chi connectivity index (χ0) is 17.4. The lowest BCUT2D eigenvalue weighted by Gasteiger charge is -2.15. The van der Waals surface area contributed by atoms with Crippen LogP contribution in [-0.2, 0) is 4.74 Å². The number of para-hydroxylation sites is 1. The molecule has 0 aliphatic carbocycles. The van der Waals surface area contributed by atoms with Crippen LogP contribution in [-0.4, -0.2) is 36.9 Å². The first kappa shape index (κ1) is 18.7. The van der Waals surface area contributed by atoms with Crippen LogP contribution in [0.5, 0.6) is 5.75 Å². The number of rotatable bonds is 7. The standard InChI is InChI=1S/C18H26N2O3S/c1-13(2)9-11-23-16-8-4-3-7-15(16)17(21)20-18(24)19-12-14-6-5-10-22-14/h3-4,7-8,13-14H,5-6,9-12H2,1-2H3,(H2,19,20,21,24)/t14-/m1/s1. The molecule has 1 fully saturated rings. The lowest BCUT2D eigenvalue weighted by atomic mass is 10.1. The van der Waals surface area contributed by atoms with Crippen molar-refractivity contribution < 1.29 is 14.3 Å². The van der Waals surface area contributed by atoms with Gasteiger partial charge in [-0.05, 0) is 49.5 Å². The third kappa shape index (κ3) is 6.09. The fourth-order valence-electron chi connectivity index (χ4n) is 2.41. The van der Waals surface area contributed by atoms with Gasteiger partial charge >= 0.3 is 0 Å². The first-order valence-electron chi connectivity index (χ1n) is 8.49. The third-order valence-corrected chi connectivity index (χ3v) is 4.07. The minimum absolute atomic E-state index is 0.173. The van der Waals surface area contributed by atoms with Crippen LogP contribution in [0.15, 0.2) is 24.3 Å². The van der Waals surface area contributed by atoms with Gasteiger partial charge in [0.25, 0.3) is 5.91 Å². The third-order valence-electron chi connectivity index (χ3n) is 3.83. The summed E-state index contributed by atoms with van der Waals surface area (Å²) in [6.45, 7) is 6.28. The molecular formula is C18H26N2O3S. The highest BCUT2D eigenvalue weighted by Gasteiger charge is 2.17. The molecule has 0 radical (unpaired) electrons. The van der Waals surface area contributed by atoms with Gasteiger partial charge in [0, 0.05) is 13.2 Å². The Hall–Kier alpha value is -1.66. The predicted molar refractivity (Wildman–Crippen MR) is 98.4 cm³/mol. The molecule has 1 heterocycles. The van der Waals surface area contributed by atoms with Crippen molar-refractivity contribution in [2.45, 2.75) is 39.2 Å². The molecule has 2 N–H and O–H groups in total. The monoisotopic (exact) mass is 350 g/mol. The van der Waals surface area contributed by atoms with E-state index in [1.807, 2.05) is 12.1 Å². The smallest absolute Gasteiger partial charge is 0.261 e. The van der Waals surface area contributed by atoms with Gasteiger partial charge in [-0.15, -0.1) is 0 Å². The summed E-state index contributed by atoms with van der Waals surface area (Å²) < 4.78 is 11.3. The summed E-state index contributed by atoms with van der Waals surface area (Å²) in [4.78, 5) is 12.4. The molecule has 0 unspecified atom stereocenters. The van der Waals surface area contributed by atoms with Crippen LogP contribution in [0.3, 0.4) is 0 Å². The topological polar surface area (TPSA) is 59.6 Å². The number of thiocarbonyl (C=S) groups is 1. The number of ether oxygens (including phenoxy) is 2. The molecule has 6 heteroatoms. The van der Waals surface area contributed by atoms with Crippen molar-refractivity contribution in [1.82, 2.24) is 10.6 Å². The molecule has 5 nitrogen and oxygen atoms in total. The van der Waals surface area contributed by atoms with E-state index >= 15 is 0 Å². The lowest BCUT2D eigenvalue weighted by molar-refractivity contribution is 0.0969. The van der Waals surface area contributed by atoms with Gasteiger partial charge in [-0.1, -0.05) is 26.0 Å². The van der Waals surface area contributed by atoms with Crippen LogP contribution in [0.1, 0.15) is 43.5 Å². The van der Waals surface area contributed by atoms with Gasteiger partial charge in [0.1, 0.15) is 5.75 Å². The Morgan fingerprint density at radius 3 is 2.92 bits per heavy atom. The maximum absolute atomic E-state index is 12.4. The molecule has 132 valence electrons. The summed E-state index contributed by atoms with van der Waals surface area (Å²) in [5, 5.41) is 6.05. The SMILES string of the molecule is CC(C)CCOc1ccccc1C(=O)NC(=S)NC[C@H]1CCCO1. The van der Waals surface area contributed by atoms with Crippen LogP contribution in [0.4, 0.5) is 0 Å². The number of amides is 1. The van der Waals surface area contributed by atoms with Crippen LogP contribution in [0.2, 0.25) is 0 Å². The molecule has 1 aliphatic rings. The predicted octanol–water partition coefficient (Wildman–Crippen LogP) is 2.89. The van der Waals surface area contributed by atoms with E-state index in [1.54, 1.807) is 12.1 Å². The molecule has 1 aliphatic heterocycles. The van der Waals surface area contributed by atoms with Gasteiger partial charge in [-0.2, -0.15) is 0 Å². The summed E-state index contributed by atoms with van der Waals surface area (Å²) in [5.41, 5.74) is 0.488. The van der Waals surface area contributed by atoms with E-state index in [0.29, 0.717) is 35.5 Å². The van der Waals surface area contributed by atoms with E-state index in [4.69, 9.17) is 21.7 Å². The molecule has 1 atom stereocenters. The minimum Gasteiger partial charge on any atom is -0.493 e. The fourth-order valence-corrected chi connectivity index (χ4v) is 2.59. The molecule has 2 rings (SSSR count). The second kappa shape index (κ2) is 9.59. The minimum atomic E-state index is -0.264. The van der Waals surface area contributed by atoms with Gasteiger partial charge in [-0.25, -0.2) is 0 Å². The summed E-state index contributed by atoms with van der Waals surface area (Å²) >= 11 is 5.19. The van der Waals surface area contributed by atoms with Crippen molar-refractivity contribution in [3.63, 3.8) is 0 Å². The maximum atomic E-state index is 12.4. The van der Waals surface area contributed by atoms with Crippen molar-refractivity contribution in [2.75, 3.05) is 19.8 Å². The van der Waals surface area contributed by atoms with Gasteiger partial charge in [0.2, 0.25) is 0 Å². The van der Waals surface area contributed by atoms with E-state index in [-0.39, 0.29) is 12.0 Å². The average molecular weight is 350 g/mol. The zero-order valence-corrected chi connectivity index (χ0v) is 15.2. The van der Waals surface area contributed by atoms with E-state index in [2.05, 4.69) is 24.5 Å². The molecular weight excluding hydrogens is 324 g/mol. The molecule has 0 aromatic heterocycles. The Bertz CT molecular complexity index is 557. The van der Waals surface area contributed by atoms with Crippen molar-refractivity contribution in [2.24, 2.45) is 5.92 Å². The first-order chi connectivity index (χ1) is 11.6. The van der Waals surface area contributed by atoms with E-state index in [0.717, 1.165) is 25.9 Å². The number of carbonyl (C=O) groups is 1. The average Bonchev–Trinajstić information content (AvgIpc) is 3.06. The first-order valence-corrected chi connectivity index (χ1v) is 8.89.